The van der Waals surface area contributed by atoms with E-state index in [2.05, 4.69) is 26.0 Å². The van der Waals surface area contributed by atoms with Gasteiger partial charge in [0, 0.05) is 27.2 Å². The van der Waals surface area contributed by atoms with Crippen LogP contribution in [0.25, 0.3) is 0 Å². The van der Waals surface area contributed by atoms with Crippen molar-refractivity contribution in [3.05, 3.63) is 22.2 Å². The van der Waals surface area contributed by atoms with Gasteiger partial charge < -0.3 is 14.4 Å². The van der Waals surface area contributed by atoms with Crippen molar-refractivity contribution >= 4 is 28.1 Å². The Hall–Kier alpha value is -1.76. The van der Waals surface area contributed by atoms with Crippen LogP contribution in [0.4, 0.5) is 0 Å². The van der Waals surface area contributed by atoms with Crippen LogP contribution in [0.15, 0.2) is 21.7 Å². The molecule has 7 heteroatoms. The zero-order valence-electron chi connectivity index (χ0n) is 15.1. The summed E-state index contributed by atoms with van der Waals surface area (Å²) in [7, 11) is 3.40. The molecule has 1 aromatic carbocycles. The Bertz CT molecular complexity index is 614. The van der Waals surface area contributed by atoms with Crippen LogP contribution in [-0.2, 0) is 4.79 Å². The average Bonchev–Trinajstić information content (AvgIpc) is 2.60. The summed E-state index contributed by atoms with van der Waals surface area (Å²) in [6.07, 6.45) is 5.51. The van der Waals surface area contributed by atoms with Gasteiger partial charge in [0.2, 0.25) is 0 Å². The maximum absolute atomic E-state index is 11.8. The summed E-state index contributed by atoms with van der Waals surface area (Å²) < 4.78 is 12.1. The summed E-state index contributed by atoms with van der Waals surface area (Å²) in [6.45, 7) is 4.40. The second kappa shape index (κ2) is 9.65. The minimum absolute atomic E-state index is 0.0348. The van der Waals surface area contributed by atoms with Crippen LogP contribution < -0.4 is 9.47 Å². The lowest BCUT2D eigenvalue weighted by atomic mass is 10.2. The maximum atomic E-state index is 11.8. The lowest BCUT2D eigenvalue weighted by molar-refractivity contribution is -0.130. The Balaban J connectivity index is 2.14. The maximum Gasteiger partial charge on any atom is 0.259 e. The van der Waals surface area contributed by atoms with Gasteiger partial charge in [0.25, 0.3) is 5.91 Å². The molecular weight excluding hydrogens is 386 g/mol. The number of hydrazone groups is 1. The van der Waals surface area contributed by atoms with Crippen LogP contribution in [-0.4, -0.2) is 62.4 Å². The van der Waals surface area contributed by atoms with Crippen molar-refractivity contribution in [3.8, 4) is 11.5 Å². The predicted octanol–water partition coefficient (Wildman–Crippen LogP) is 3.13. The molecule has 0 N–H and O–H groups in total. The molecule has 1 aliphatic rings. The van der Waals surface area contributed by atoms with Gasteiger partial charge in [0.1, 0.15) is 0 Å². The zero-order chi connectivity index (χ0) is 18.2. The number of likely N-dealkylation sites (N-methyl/N-ethyl adjacent to an activating group) is 1. The lowest BCUT2D eigenvalue weighted by Gasteiger charge is -2.23. The molecule has 6 nitrogen and oxygen atoms in total. The van der Waals surface area contributed by atoms with E-state index in [0.29, 0.717) is 18.1 Å². The second-order valence-corrected chi connectivity index (χ2v) is 6.95. The van der Waals surface area contributed by atoms with Crippen molar-refractivity contribution < 1.29 is 14.3 Å². The molecule has 1 aliphatic heterocycles. The molecule has 0 atom stereocenters. The Morgan fingerprint density at radius 2 is 2.00 bits per heavy atom. The first-order valence-corrected chi connectivity index (χ1v) is 9.38. The molecule has 0 aromatic heterocycles. The molecule has 2 rings (SSSR count). The molecule has 1 heterocycles. The number of halogens is 1. The lowest BCUT2D eigenvalue weighted by Crippen LogP contribution is -2.27. The van der Waals surface area contributed by atoms with Crippen molar-refractivity contribution in [2.24, 2.45) is 5.10 Å². The van der Waals surface area contributed by atoms with E-state index in [1.54, 1.807) is 14.1 Å². The van der Waals surface area contributed by atoms with Crippen molar-refractivity contribution in [1.29, 1.82) is 0 Å². The number of rotatable bonds is 7. The van der Waals surface area contributed by atoms with Crippen molar-refractivity contribution in [3.63, 3.8) is 0 Å². The number of amides is 1. The first-order chi connectivity index (χ1) is 12.0. The highest BCUT2D eigenvalue weighted by Crippen LogP contribution is 2.36. The molecule has 138 valence electrons. The van der Waals surface area contributed by atoms with Gasteiger partial charge in [-0.05, 0) is 59.8 Å². The van der Waals surface area contributed by atoms with Crippen molar-refractivity contribution in [2.75, 3.05) is 40.4 Å². The summed E-state index contributed by atoms with van der Waals surface area (Å²) in [5.74, 6) is 1.03. The van der Waals surface area contributed by atoms with Gasteiger partial charge in [-0.3, -0.25) is 9.80 Å². The summed E-state index contributed by atoms with van der Waals surface area (Å²) in [4.78, 5) is 13.3. The highest BCUT2D eigenvalue weighted by atomic mass is 79.9. The van der Waals surface area contributed by atoms with E-state index < -0.39 is 0 Å². The van der Waals surface area contributed by atoms with Gasteiger partial charge in [0.05, 0.1) is 17.3 Å². The molecule has 0 saturated carbocycles. The normalized spacial score (nSPS) is 14.6. The van der Waals surface area contributed by atoms with E-state index in [1.807, 2.05) is 25.3 Å². The molecule has 0 spiro atoms. The van der Waals surface area contributed by atoms with Gasteiger partial charge in [0.15, 0.2) is 18.1 Å². The average molecular weight is 412 g/mol. The zero-order valence-corrected chi connectivity index (χ0v) is 16.7. The topological polar surface area (TPSA) is 54.4 Å². The number of hydrogen-bond donors (Lipinski definition) is 0. The fraction of sp³-hybridized carbons (Fsp3) is 0.556. The fourth-order valence-electron chi connectivity index (χ4n) is 2.47. The highest BCUT2D eigenvalue weighted by molar-refractivity contribution is 9.10. The van der Waals surface area contributed by atoms with Gasteiger partial charge in [-0.2, -0.15) is 5.10 Å². The van der Waals surface area contributed by atoms with E-state index in [1.165, 1.54) is 24.2 Å². The van der Waals surface area contributed by atoms with Gasteiger partial charge in [-0.1, -0.05) is 0 Å². The minimum Gasteiger partial charge on any atom is -0.490 e. The first kappa shape index (κ1) is 19.6. The molecule has 0 bridgehead atoms. The molecule has 0 unspecified atom stereocenters. The molecule has 1 saturated heterocycles. The third kappa shape index (κ3) is 5.92. The fourth-order valence-corrected chi connectivity index (χ4v) is 3.04. The molecule has 1 aromatic rings. The van der Waals surface area contributed by atoms with Gasteiger partial charge in [-0.25, -0.2) is 0 Å². The number of benzene rings is 1. The minimum atomic E-state index is -0.106. The molecule has 25 heavy (non-hydrogen) atoms. The van der Waals surface area contributed by atoms with Gasteiger partial charge >= 0.3 is 0 Å². The van der Waals surface area contributed by atoms with E-state index in [0.717, 1.165) is 23.1 Å². The third-order valence-electron chi connectivity index (χ3n) is 3.87. The number of piperidine rings is 1. The van der Waals surface area contributed by atoms with Gasteiger partial charge in [-0.15, -0.1) is 0 Å². The van der Waals surface area contributed by atoms with E-state index in [4.69, 9.17) is 9.47 Å². The first-order valence-electron chi connectivity index (χ1n) is 8.59. The van der Waals surface area contributed by atoms with Crippen LogP contribution in [0.5, 0.6) is 11.5 Å². The van der Waals surface area contributed by atoms with Crippen molar-refractivity contribution in [2.45, 2.75) is 26.2 Å². The summed E-state index contributed by atoms with van der Waals surface area (Å²) in [6, 6.07) is 3.81. The largest absolute Gasteiger partial charge is 0.490 e. The molecule has 0 radical (unpaired) electrons. The Morgan fingerprint density at radius 1 is 1.28 bits per heavy atom. The van der Waals surface area contributed by atoms with E-state index in [-0.39, 0.29) is 12.5 Å². The monoisotopic (exact) mass is 411 g/mol. The van der Waals surface area contributed by atoms with Crippen LogP contribution in [0.3, 0.4) is 0 Å². The Labute approximate surface area is 157 Å². The van der Waals surface area contributed by atoms with E-state index in [9.17, 15) is 4.79 Å². The van der Waals surface area contributed by atoms with Crippen LogP contribution in [0, 0.1) is 0 Å². The SMILES string of the molecule is CCOc1cc(/C=N/N2CCCCC2)cc(Br)c1OCC(=O)N(C)C. The predicted molar refractivity (Wildman–Crippen MR) is 103 cm³/mol. The van der Waals surface area contributed by atoms with E-state index >= 15 is 0 Å². The number of carbonyl (C=O) groups excluding carboxylic acids is 1. The molecule has 1 amide bonds. The molecule has 0 aliphatic carbocycles. The number of hydrogen-bond acceptors (Lipinski definition) is 5. The standard InChI is InChI=1S/C18H26BrN3O3/c1-4-24-16-11-14(12-20-22-8-6-5-7-9-22)10-15(19)18(16)25-13-17(23)21(2)3/h10-12H,4-9,13H2,1-3H3/b20-12+. The Morgan fingerprint density at radius 3 is 2.64 bits per heavy atom. The number of nitrogens with zero attached hydrogens (tertiary/aromatic N) is 3. The quantitative estimate of drug-likeness (QED) is 0.646. The van der Waals surface area contributed by atoms with Crippen molar-refractivity contribution in [1.82, 2.24) is 9.91 Å². The molecular formula is C18H26BrN3O3. The second-order valence-electron chi connectivity index (χ2n) is 6.10. The van der Waals surface area contributed by atoms with Crippen LogP contribution in [0.2, 0.25) is 0 Å². The van der Waals surface area contributed by atoms with Crippen LogP contribution in [0.1, 0.15) is 31.7 Å². The summed E-state index contributed by atoms with van der Waals surface area (Å²) >= 11 is 3.52. The third-order valence-corrected chi connectivity index (χ3v) is 4.46. The molecule has 1 fully saturated rings. The highest BCUT2D eigenvalue weighted by Gasteiger charge is 2.15. The summed E-state index contributed by atoms with van der Waals surface area (Å²) in [5, 5.41) is 6.65. The number of carbonyl (C=O) groups is 1. The smallest absolute Gasteiger partial charge is 0.259 e. The van der Waals surface area contributed by atoms with Crippen LogP contribution >= 0.6 is 15.9 Å². The Kier molecular flexibility index (Phi) is 7.55. The number of ether oxygens (including phenoxy) is 2. The summed E-state index contributed by atoms with van der Waals surface area (Å²) in [5.41, 5.74) is 0.923.